The Morgan fingerprint density at radius 1 is 1.33 bits per heavy atom. The molecule has 0 spiro atoms. The Balaban J connectivity index is 3.60. The van der Waals surface area contributed by atoms with Crippen molar-refractivity contribution in [3.8, 4) is 5.88 Å². The van der Waals surface area contributed by atoms with E-state index in [0.29, 0.717) is 0 Å². The number of oxime groups is 1. The zero-order valence-corrected chi connectivity index (χ0v) is 8.59. The summed E-state index contributed by atoms with van der Waals surface area (Å²) in [5.41, 5.74) is -1.33. The average molecular weight is 213 g/mol. The second-order valence-electron chi connectivity index (χ2n) is 2.86. The number of aromatic hydroxyl groups is 1. The molecule has 0 aliphatic rings. The van der Waals surface area contributed by atoms with Crippen molar-refractivity contribution in [2.24, 2.45) is 19.3 Å². The molecular formula is C8H11N3O4. The maximum atomic E-state index is 11.5. The van der Waals surface area contributed by atoms with E-state index in [-0.39, 0.29) is 5.56 Å². The van der Waals surface area contributed by atoms with Gasteiger partial charge in [-0.05, 0) is 0 Å². The van der Waals surface area contributed by atoms with Crippen LogP contribution >= 0.6 is 0 Å². The molecule has 0 saturated carbocycles. The van der Waals surface area contributed by atoms with E-state index in [0.717, 1.165) is 15.3 Å². The molecule has 15 heavy (non-hydrogen) atoms. The van der Waals surface area contributed by atoms with E-state index in [4.69, 9.17) is 0 Å². The lowest BCUT2D eigenvalue weighted by atomic mass is 10.3. The minimum Gasteiger partial charge on any atom is -0.494 e. The molecule has 0 aliphatic carbocycles. The van der Waals surface area contributed by atoms with Crippen molar-refractivity contribution in [2.45, 2.75) is 0 Å². The number of aromatic nitrogens is 2. The van der Waals surface area contributed by atoms with Gasteiger partial charge in [-0.1, -0.05) is 5.16 Å². The maximum Gasteiger partial charge on any atom is 0.333 e. The lowest BCUT2D eigenvalue weighted by Gasteiger charge is -2.06. The normalized spacial score (nSPS) is 10.9. The molecule has 0 unspecified atom stereocenters. The smallest absolute Gasteiger partial charge is 0.333 e. The van der Waals surface area contributed by atoms with Crippen LogP contribution in [0.15, 0.2) is 14.7 Å². The zero-order valence-electron chi connectivity index (χ0n) is 8.59. The largest absolute Gasteiger partial charge is 0.494 e. The number of hydrogen-bond donors (Lipinski definition) is 1. The number of rotatable bonds is 2. The summed E-state index contributed by atoms with van der Waals surface area (Å²) in [6, 6.07) is 0. The summed E-state index contributed by atoms with van der Waals surface area (Å²) in [5, 5.41) is 12.9. The van der Waals surface area contributed by atoms with Gasteiger partial charge in [-0.2, -0.15) is 0 Å². The molecule has 0 aromatic carbocycles. The lowest BCUT2D eigenvalue weighted by molar-refractivity contribution is 0.215. The molecule has 0 amide bonds. The second-order valence-corrected chi connectivity index (χ2v) is 2.86. The molecule has 7 nitrogen and oxygen atoms in total. The summed E-state index contributed by atoms with van der Waals surface area (Å²) in [6.45, 7) is 0. The SMILES string of the molecule is CON=Cc1c(O)n(C)c(=O)n(C)c1=O. The van der Waals surface area contributed by atoms with Gasteiger partial charge in [0, 0.05) is 14.1 Å². The first-order valence-electron chi connectivity index (χ1n) is 4.06. The third-order valence-electron chi connectivity index (χ3n) is 1.95. The van der Waals surface area contributed by atoms with Gasteiger partial charge in [0.2, 0.25) is 5.88 Å². The van der Waals surface area contributed by atoms with Gasteiger partial charge in [-0.15, -0.1) is 0 Å². The molecule has 1 rings (SSSR count). The Kier molecular flexibility index (Phi) is 2.93. The van der Waals surface area contributed by atoms with Crippen molar-refractivity contribution in [1.29, 1.82) is 0 Å². The Labute approximate surface area is 84.8 Å². The molecule has 0 fully saturated rings. The van der Waals surface area contributed by atoms with E-state index < -0.39 is 17.1 Å². The van der Waals surface area contributed by atoms with E-state index in [9.17, 15) is 14.7 Å². The summed E-state index contributed by atoms with van der Waals surface area (Å²) >= 11 is 0. The maximum absolute atomic E-state index is 11.5. The van der Waals surface area contributed by atoms with Crippen LogP contribution in [0.2, 0.25) is 0 Å². The van der Waals surface area contributed by atoms with Crippen molar-refractivity contribution in [3.63, 3.8) is 0 Å². The highest BCUT2D eigenvalue weighted by Crippen LogP contribution is 2.05. The fourth-order valence-corrected chi connectivity index (χ4v) is 1.08. The van der Waals surface area contributed by atoms with E-state index in [1.54, 1.807) is 0 Å². The minimum atomic E-state index is -0.628. The van der Waals surface area contributed by atoms with Gasteiger partial charge >= 0.3 is 5.69 Å². The van der Waals surface area contributed by atoms with Gasteiger partial charge in [0.05, 0.1) is 6.21 Å². The average Bonchev–Trinajstić information content (AvgIpc) is 2.24. The topological polar surface area (TPSA) is 85.8 Å². The van der Waals surface area contributed by atoms with Crippen LogP contribution in [0.1, 0.15) is 5.56 Å². The summed E-state index contributed by atoms with van der Waals surface area (Å²) in [4.78, 5) is 27.2. The van der Waals surface area contributed by atoms with Crippen molar-refractivity contribution >= 4 is 6.21 Å². The molecule has 7 heteroatoms. The molecule has 1 aromatic rings. The highest BCUT2D eigenvalue weighted by Gasteiger charge is 2.12. The van der Waals surface area contributed by atoms with Crippen molar-refractivity contribution in [2.75, 3.05) is 7.11 Å². The highest BCUT2D eigenvalue weighted by atomic mass is 16.6. The second kappa shape index (κ2) is 3.99. The highest BCUT2D eigenvalue weighted by molar-refractivity contribution is 5.81. The third-order valence-corrected chi connectivity index (χ3v) is 1.95. The molecule has 0 atom stereocenters. The van der Waals surface area contributed by atoms with Gasteiger partial charge in [-0.3, -0.25) is 13.9 Å². The molecule has 82 valence electrons. The summed E-state index contributed by atoms with van der Waals surface area (Å²) < 4.78 is 1.81. The third kappa shape index (κ3) is 1.76. The minimum absolute atomic E-state index is 0.0959. The van der Waals surface area contributed by atoms with Crippen LogP contribution in [0.4, 0.5) is 0 Å². The molecule has 1 N–H and O–H groups in total. The fraction of sp³-hybridized carbons (Fsp3) is 0.375. The van der Waals surface area contributed by atoms with Crippen LogP contribution in [0, 0.1) is 0 Å². The van der Waals surface area contributed by atoms with E-state index >= 15 is 0 Å². The standard InChI is InChI=1S/C8H11N3O4/c1-10-6(12)5(4-9-15-3)7(13)11(2)8(10)14/h4,12H,1-3H3. The van der Waals surface area contributed by atoms with Crippen molar-refractivity contribution < 1.29 is 9.94 Å². The van der Waals surface area contributed by atoms with Gasteiger partial charge in [0.15, 0.2) is 0 Å². The summed E-state index contributed by atoms with van der Waals surface area (Å²) in [5.74, 6) is -0.441. The predicted octanol–water partition coefficient (Wildman–Crippen LogP) is -1.23. The van der Waals surface area contributed by atoms with Gasteiger partial charge in [0.25, 0.3) is 5.56 Å². The molecule has 0 radical (unpaired) electrons. The first-order chi connectivity index (χ1) is 7.00. The van der Waals surface area contributed by atoms with Gasteiger partial charge < -0.3 is 9.94 Å². The zero-order chi connectivity index (χ0) is 11.6. The Morgan fingerprint density at radius 3 is 2.47 bits per heavy atom. The fourth-order valence-electron chi connectivity index (χ4n) is 1.08. The van der Waals surface area contributed by atoms with Crippen molar-refractivity contribution in [3.05, 3.63) is 26.4 Å². The number of hydrogen-bond acceptors (Lipinski definition) is 5. The summed E-state index contributed by atoms with van der Waals surface area (Å²) in [6.07, 6.45) is 1.05. The number of nitrogens with zero attached hydrogens (tertiary/aromatic N) is 3. The molecular weight excluding hydrogens is 202 g/mol. The monoisotopic (exact) mass is 213 g/mol. The molecule has 1 heterocycles. The van der Waals surface area contributed by atoms with Crippen LogP contribution < -0.4 is 11.2 Å². The van der Waals surface area contributed by atoms with Crippen LogP contribution in [0.25, 0.3) is 0 Å². The van der Waals surface area contributed by atoms with Crippen LogP contribution in [0.5, 0.6) is 5.88 Å². The molecule has 0 saturated heterocycles. The first-order valence-corrected chi connectivity index (χ1v) is 4.06. The van der Waals surface area contributed by atoms with E-state index in [1.165, 1.54) is 21.2 Å². The lowest BCUT2D eigenvalue weighted by Crippen LogP contribution is -2.38. The van der Waals surface area contributed by atoms with Crippen LogP contribution in [0.3, 0.4) is 0 Å². The Bertz CT molecular complexity index is 512. The van der Waals surface area contributed by atoms with E-state index in [2.05, 4.69) is 9.99 Å². The van der Waals surface area contributed by atoms with Gasteiger partial charge in [0.1, 0.15) is 12.7 Å². The van der Waals surface area contributed by atoms with Crippen LogP contribution in [-0.4, -0.2) is 27.6 Å². The molecule has 0 aliphatic heterocycles. The Hall–Kier alpha value is -2.05. The predicted molar refractivity (Wildman–Crippen MR) is 53.2 cm³/mol. The van der Waals surface area contributed by atoms with E-state index in [1.807, 2.05) is 0 Å². The quantitative estimate of drug-likeness (QED) is 0.492. The Morgan fingerprint density at radius 2 is 1.93 bits per heavy atom. The van der Waals surface area contributed by atoms with Crippen LogP contribution in [-0.2, 0) is 18.9 Å². The summed E-state index contributed by atoms with van der Waals surface area (Å²) in [7, 11) is 3.97. The van der Waals surface area contributed by atoms with Crippen molar-refractivity contribution in [1.82, 2.24) is 9.13 Å². The molecule has 1 aromatic heterocycles. The molecule has 0 bridgehead atoms. The van der Waals surface area contributed by atoms with Gasteiger partial charge in [-0.25, -0.2) is 4.79 Å². The first kappa shape index (κ1) is 11.0.